The molecule has 0 aliphatic rings. The van der Waals surface area contributed by atoms with Crippen LogP contribution in [0.5, 0.6) is 0 Å². The fourth-order valence-electron chi connectivity index (χ4n) is 1.76. The van der Waals surface area contributed by atoms with Crippen LogP contribution in [0.15, 0.2) is 0 Å². The van der Waals surface area contributed by atoms with Crippen LogP contribution in [-0.4, -0.2) is 0 Å². The lowest BCUT2D eigenvalue weighted by Crippen LogP contribution is -1.99. The van der Waals surface area contributed by atoms with Crippen LogP contribution in [0.3, 0.4) is 0 Å². The van der Waals surface area contributed by atoms with Gasteiger partial charge in [0.2, 0.25) is 0 Å². The molecule has 3 heteroatoms. The Morgan fingerprint density at radius 3 is 1.94 bits per heavy atom. The molecule has 0 aromatic carbocycles. The monoisotopic (exact) mass is 217 g/mol. The number of rotatable bonds is 9. The highest BCUT2D eigenvalue weighted by Gasteiger charge is 2.07. The second-order valence-electron chi connectivity index (χ2n) is 4.04. The van der Waals surface area contributed by atoms with Crippen LogP contribution in [0.25, 0.3) is 0 Å². The van der Waals surface area contributed by atoms with E-state index in [-0.39, 0.29) is 0 Å². The smallest absolute Gasteiger partial charge is 0.0624 e. The summed E-state index contributed by atoms with van der Waals surface area (Å²) in [5.74, 6) is 0.445. The summed E-state index contributed by atoms with van der Waals surface area (Å²) in [4.78, 5) is 0. The topological polar surface area (TPSA) is 71.4 Å². The third kappa shape index (κ3) is 9.04. The highest BCUT2D eigenvalue weighted by molar-refractivity contribution is 4.78. The van der Waals surface area contributed by atoms with Crippen LogP contribution in [-0.2, 0) is 0 Å². The Labute approximate surface area is 98.3 Å². The molecule has 1 atom stereocenters. The molecule has 0 heterocycles. The van der Waals surface area contributed by atoms with E-state index in [1.807, 2.05) is 0 Å². The van der Waals surface area contributed by atoms with Gasteiger partial charge in [-0.2, -0.15) is 15.8 Å². The first kappa shape index (κ1) is 14.5. The van der Waals surface area contributed by atoms with E-state index in [1.165, 1.54) is 0 Å². The minimum Gasteiger partial charge on any atom is -0.198 e. The summed E-state index contributed by atoms with van der Waals surface area (Å²) in [7, 11) is 0. The summed E-state index contributed by atoms with van der Waals surface area (Å²) in [6.45, 7) is 0. The van der Waals surface area contributed by atoms with Gasteiger partial charge in [0.15, 0.2) is 0 Å². The Morgan fingerprint density at radius 1 is 0.688 bits per heavy atom. The Balaban J connectivity index is 3.57. The average molecular weight is 217 g/mol. The molecule has 0 aromatic heterocycles. The Hall–Kier alpha value is -1.53. The van der Waals surface area contributed by atoms with Gasteiger partial charge in [0.25, 0.3) is 0 Å². The first-order chi connectivity index (χ1) is 7.85. The normalized spacial score (nSPS) is 11.1. The molecule has 1 unspecified atom stereocenters. The summed E-state index contributed by atoms with van der Waals surface area (Å²) in [5, 5.41) is 25.5. The van der Waals surface area contributed by atoms with Crippen LogP contribution < -0.4 is 0 Å². The SMILES string of the molecule is N#CCCCCCC(CC#N)CCCC#N. The van der Waals surface area contributed by atoms with Crippen LogP contribution >= 0.6 is 0 Å². The lowest BCUT2D eigenvalue weighted by molar-refractivity contribution is 0.424. The van der Waals surface area contributed by atoms with Crippen molar-refractivity contribution in [3.05, 3.63) is 0 Å². The number of nitrogens with zero attached hydrogens (tertiary/aromatic N) is 3. The Kier molecular flexibility index (Phi) is 10.4. The van der Waals surface area contributed by atoms with Crippen molar-refractivity contribution >= 4 is 0 Å². The van der Waals surface area contributed by atoms with E-state index in [2.05, 4.69) is 18.2 Å². The van der Waals surface area contributed by atoms with Gasteiger partial charge < -0.3 is 0 Å². The summed E-state index contributed by atoms with van der Waals surface area (Å²) >= 11 is 0. The summed E-state index contributed by atoms with van der Waals surface area (Å²) in [5.41, 5.74) is 0. The number of nitriles is 3. The van der Waals surface area contributed by atoms with E-state index in [0.29, 0.717) is 25.2 Å². The molecule has 0 radical (unpaired) electrons. The lowest BCUT2D eigenvalue weighted by atomic mass is 9.93. The molecular formula is C13H19N3. The van der Waals surface area contributed by atoms with Crippen molar-refractivity contribution in [1.29, 1.82) is 15.8 Å². The van der Waals surface area contributed by atoms with Gasteiger partial charge >= 0.3 is 0 Å². The van der Waals surface area contributed by atoms with Crippen LogP contribution in [0.2, 0.25) is 0 Å². The van der Waals surface area contributed by atoms with E-state index in [9.17, 15) is 0 Å². The number of hydrogen-bond acceptors (Lipinski definition) is 3. The van der Waals surface area contributed by atoms with Crippen molar-refractivity contribution in [2.45, 2.75) is 57.8 Å². The van der Waals surface area contributed by atoms with Gasteiger partial charge in [0, 0.05) is 19.3 Å². The molecule has 0 fully saturated rings. The standard InChI is InChI=1S/C13H19N3/c14-10-5-2-1-3-7-13(9-12-16)8-4-6-11-15/h13H,1-9H2. The molecule has 0 rings (SSSR count). The van der Waals surface area contributed by atoms with Gasteiger partial charge in [-0.3, -0.25) is 0 Å². The Bertz CT molecular complexity index is 277. The predicted octanol–water partition coefficient (Wildman–Crippen LogP) is 3.68. The largest absolute Gasteiger partial charge is 0.198 e. The molecule has 0 N–H and O–H groups in total. The van der Waals surface area contributed by atoms with E-state index in [4.69, 9.17) is 15.8 Å². The van der Waals surface area contributed by atoms with Gasteiger partial charge in [-0.05, 0) is 31.6 Å². The molecule has 0 aliphatic carbocycles. The fourth-order valence-corrected chi connectivity index (χ4v) is 1.76. The van der Waals surface area contributed by atoms with Crippen molar-refractivity contribution in [1.82, 2.24) is 0 Å². The maximum Gasteiger partial charge on any atom is 0.0624 e. The van der Waals surface area contributed by atoms with E-state index in [0.717, 1.165) is 38.5 Å². The van der Waals surface area contributed by atoms with Crippen molar-refractivity contribution in [3.8, 4) is 18.2 Å². The van der Waals surface area contributed by atoms with Gasteiger partial charge in [0.1, 0.15) is 0 Å². The quantitative estimate of drug-likeness (QED) is 0.553. The molecule has 0 saturated heterocycles. The Morgan fingerprint density at radius 2 is 1.31 bits per heavy atom. The lowest BCUT2D eigenvalue weighted by Gasteiger charge is -2.11. The first-order valence-electron chi connectivity index (χ1n) is 5.96. The minimum absolute atomic E-state index is 0.445. The maximum atomic E-state index is 8.68. The fraction of sp³-hybridized carbons (Fsp3) is 0.769. The molecule has 0 spiro atoms. The van der Waals surface area contributed by atoms with Crippen LogP contribution in [0.4, 0.5) is 0 Å². The zero-order valence-electron chi connectivity index (χ0n) is 9.78. The zero-order chi connectivity index (χ0) is 12.1. The second kappa shape index (κ2) is 11.5. The number of unbranched alkanes of at least 4 members (excludes halogenated alkanes) is 4. The molecule has 16 heavy (non-hydrogen) atoms. The van der Waals surface area contributed by atoms with E-state index < -0.39 is 0 Å². The summed E-state index contributed by atoms with van der Waals surface area (Å²) < 4.78 is 0. The van der Waals surface area contributed by atoms with Crippen LogP contribution in [0.1, 0.15) is 57.8 Å². The molecule has 0 amide bonds. The summed E-state index contributed by atoms with van der Waals surface area (Å²) in [6.07, 6.45) is 7.92. The molecule has 86 valence electrons. The molecule has 0 bridgehead atoms. The summed E-state index contributed by atoms with van der Waals surface area (Å²) in [6, 6.07) is 6.48. The van der Waals surface area contributed by atoms with Gasteiger partial charge in [-0.25, -0.2) is 0 Å². The predicted molar refractivity (Wildman–Crippen MR) is 61.9 cm³/mol. The second-order valence-corrected chi connectivity index (χ2v) is 4.04. The highest BCUT2D eigenvalue weighted by Crippen LogP contribution is 2.19. The van der Waals surface area contributed by atoms with Crippen molar-refractivity contribution in [2.24, 2.45) is 5.92 Å². The molecule has 3 nitrogen and oxygen atoms in total. The average Bonchev–Trinajstić information content (AvgIpc) is 2.29. The van der Waals surface area contributed by atoms with Gasteiger partial charge in [0.05, 0.1) is 18.2 Å². The minimum atomic E-state index is 0.445. The zero-order valence-corrected chi connectivity index (χ0v) is 9.78. The molecular weight excluding hydrogens is 198 g/mol. The van der Waals surface area contributed by atoms with E-state index >= 15 is 0 Å². The molecule has 0 saturated carbocycles. The maximum absolute atomic E-state index is 8.68. The van der Waals surface area contributed by atoms with Gasteiger partial charge in [-0.1, -0.05) is 12.8 Å². The van der Waals surface area contributed by atoms with Gasteiger partial charge in [-0.15, -0.1) is 0 Å². The molecule has 0 aliphatic heterocycles. The number of hydrogen-bond donors (Lipinski definition) is 0. The van der Waals surface area contributed by atoms with Crippen LogP contribution in [0, 0.1) is 39.9 Å². The third-order valence-electron chi connectivity index (χ3n) is 2.68. The van der Waals surface area contributed by atoms with Crippen molar-refractivity contribution < 1.29 is 0 Å². The first-order valence-corrected chi connectivity index (χ1v) is 5.96. The molecule has 0 aromatic rings. The third-order valence-corrected chi connectivity index (χ3v) is 2.68. The van der Waals surface area contributed by atoms with E-state index in [1.54, 1.807) is 0 Å². The highest BCUT2D eigenvalue weighted by atomic mass is 14.3. The van der Waals surface area contributed by atoms with Crippen molar-refractivity contribution in [3.63, 3.8) is 0 Å². The van der Waals surface area contributed by atoms with Crippen molar-refractivity contribution in [2.75, 3.05) is 0 Å².